The molecule has 1 aromatic carbocycles. The van der Waals surface area contributed by atoms with Crippen LogP contribution < -0.4 is 0 Å². The van der Waals surface area contributed by atoms with E-state index < -0.39 is 11.5 Å². The topological polar surface area (TPSA) is 66.8 Å². The third-order valence-corrected chi connectivity index (χ3v) is 3.48. The van der Waals surface area contributed by atoms with Crippen LogP contribution in [-0.4, -0.2) is 40.6 Å². The Labute approximate surface area is 111 Å². The number of carboxylic acid groups (broad SMARTS) is 1. The van der Waals surface area contributed by atoms with Gasteiger partial charge in [-0.05, 0) is 5.56 Å². The van der Waals surface area contributed by atoms with E-state index >= 15 is 0 Å². The molecule has 1 aliphatic rings. The second-order valence-corrected chi connectivity index (χ2v) is 4.73. The Morgan fingerprint density at radius 3 is 2.53 bits per heavy atom. The molecule has 1 N–H and O–H groups in total. The highest BCUT2D eigenvalue weighted by atomic mass is 16.5. The third-order valence-electron chi connectivity index (χ3n) is 3.48. The SMILES string of the molecule is CC(=O)N(Cc1ccccc1)C1(C(=O)O)CCOC1. The van der Waals surface area contributed by atoms with Gasteiger partial charge in [0.15, 0.2) is 5.54 Å². The van der Waals surface area contributed by atoms with Gasteiger partial charge in [-0.25, -0.2) is 4.79 Å². The summed E-state index contributed by atoms with van der Waals surface area (Å²) in [7, 11) is 0. The largest absolute Gasteiger partial charge is 0.479 e. The fraction of sp³-hybridized carbons (Fsp3) is 0.429. The van der Waals surface area contributed by atoms with Crippen LogP contribution in [0.1, 0.15) is 18.9 Å². The van der Waals surface area contributed by atoms with Gasteiger partial charge >= 0.3 is 5.97 Å². The van der Waals surface area contributed by atoms with Crippen molar-refractivity contribution in [1.82, 2.24) is 4.90 Å². The average Bonchev–Trinajstić information content (AvgIpc) is 2.87. The molecule has 1 amide bonds. The molecule has 5 nitrogen and oxygen atoms in total. The number of aliphatic carboxylic acids is 1. The maximum absolute atomic E-state index is 11.9. The Hall–Kier alpha value is -1.88. The molecule has 0 spiro atoms. The highest BCUT2D eigenvalue weighted by Crippen LogP contribution is 2.28. The molecule has 0 aliphatic carbocycles. The number of benzene rings is 1. The number of carbonyl (C=O) groups excluding carboxylic acids is 1. The van der Waals surface area contributed by atoms with Gasteiger partial charge in [0.25, 0.3) is 0 Å². The van der Waals surface area contributed by atoms with Crippen LogP contribution >= 0.6 is 0 Å². The van der Waals surface area contributed by atoms with Gasteiger partial charge < -0.3 is 14.7 Å². The van der Waals surface area contributed by atoms with E-state index in [9.17, 15) is 14.7 Å². The number of ether oxygens (including phenoxy) is 1. The van der Waals surface area contributed by atoms with E-state index in [4.69, 9.17) is 4.74 Å². The number of carbonyl (C=O) groups is 2. The molecule has 102 valence electrons. The summed E-state index contributed by atoms with van der Waals surface area (Å²) in [6, 6.07) is 9.37. The number of hydrogen-bond donors (Lipinski definition) is 1. The molecule has 0 aromatic heterocycles. The first-order valence-corrected chi connectivity index (χ1v) is 6.19. The molecule has 0 radical (unpaired) electrons. The second kappa shape index (κ2) is 5.40. The van der Waals surface area contributed by atoms with Gasteiger partial charge in [-0.1, -0.05) is 30.3 Å². The van der Waals surface area contributed by atoms with Crippen molar-refractivity contribution in [2.75, 3.05) is 13.2 Å². The predicted octanol–water partition coefficient (Wildman–Crippen LogP) is 1.28. The molecule has 1 atom stereocenters. The molecule has 1 aliphatic heterocycles. The van der Waals surface area contributed by atoms with Gasteiger partial charge in [0.2, 0.25) is 5.91 Å². The van der Waals surface area contributed by atoms with Crippen molar-refractivity contribution >= 4 is 11.9 Å². The van der Waals surface area contributed by atoms with Gasteiger partial charge in [-0.2, -0.15) is 0 Å². The van der Waals surface area contributed by atoms with E-state index in [-0.39, 0.29) is 19.1 Å². The van der Waals surface area contributed by atoms with Crippen LogP contribution in [0.25, 0.3) is 0 Å². The smallest absolute Gasteiger partial charge is 0.332 e. The third kappa shape index (κ3) is 2.61. The van der Waals surface area contributed by atoms with Crippen LogP contribution in [0.15, 0.2) is 30.3 Å². The molecule has 1 saturated heterocycles. The number of rotatable bonds is 4. The highest BCUT2D eigenvalue weighted by Gasteiger charge is 2.49. The Balaban J connectivity index is 2.29. The summed E-state index contributed by atoms with van der Waals surface area (Å²) >= 11 is 0. The van der Waals surface area contributed by atoms with Gasteiger partial charge in [0.1, 0.15) is 0 Å². The normalized spacial score (nSPS) is 22.2. The van der Waals surface area contributed by atoms with E-state index in [0.717, 1.165) is 5.56 Å². The van der Waals surface area contributed by atoms with Crippen LogP contribution in [0.3, 0.4) is 0 Å². The lowest BCUT2D eigenvalue weighted by atomic mass is 9.95. The number of amides is 1. The fourth-order valence-electron chi connectivity index (χ4n) is 2.38. The summed E-state index contributed by atoms with van der Waals surface area (Å²) in [5, 5.41) is 9.49. The Bertz CT molecular complexity index is 466. The molecule has 0 saturated carbocycles. The van der Waals surface area contributed by atoms with Crippen molar-refractivity contribution in [2.45, 2.75) is 25.4 Å². The molecular formula is C14H17NO4. The van der Waals surface area contributed by atoms with Crippen molar-refractivity contribution < 1.29 is 19.4 Å². The zero-order valence-corrected chi connectivity index (χ0v) is 10.8. The number of hydrogen-bond acceptors (Lipinski definition) is 3. The quantitative estimate of drug-likeness (QED) is 0.888. The summed E-state index contributed by atoms with van der Waals surface area (Å²) < 4.78 is 5.22. The summed E-state index contributed by atoms with van der Waals surface area (Å²) in [4.78, 5) is 24.8. The van der Waals surface area contributed by atoms with Crippen molar-refractivity contribution in [3.8, 4) is 0 Å². The second-order valence-electron chi connectivity index (χ2n) is 4.73. The molecule has 1 fully saturated rings. The first-order chi connectivity index (χ1) is 9.06. The first kappa shape index (κ1) is 13.5. The number of carboxylic acids is 1. The lowest BCUT2D eigenvalue weighted by Gasteiger charge is -2.36. The van der Waals surface area contributed by atoms with Crippen molar-refractivity contribution in [1.29, 1.82) is 0 Å². The van der Waals surface area contributed by atoms with Crippen molar-refractivity contribution in [2.24, 2.45) is 0 Å². The molecular weight excluding hydrogens is 246 g/mol. The maximum Gasteiger partial charge on any atom is 0.332 e. The van der Waals surface area contributed by atoms with Gasteiger partial charge in [0.05, 0.1) is 6.61 Å². The number of nitrogens with zero attached hydrogens (tertiary/aromatic N) is 1. The summed E-state index contributed by atoms with van der Waals surface area (Å²) in [5.74, 6) is -1.26. The van der Waals surface area contributed by atoms with Crippen LogP contribution in [-0.2, 0) is 20.9 Å². The zero-order valence-electron chi connectivity index (χ0n) is 10.8. The van der Waals surface area contributed by atoms with Gasteiger partial charge in [-0.3, -0.25) is 4.79 Å². The molecule has 19 heavy (non-hydrogen) atoms. The molecule has 1 unspecified atom stereocenters. The Kier molecular flexibility index (Phi) is 3.85. The molecule has 2 rings (SSSR count). The van der Waals surface area contributed by atoms with Crippen LogP contribution in [0.4, 0.5) is 0 Å². The Morgan fingerprint density at radius 1 is 1.37 bits per heavy atom. The first-order valence-electron chi connectivity index (χ1n) is 6.19. The average molecular weight is 263 g/mol. The molecule has 1 heterocycles. The van der Waals surface area contributed by atoms with Gasteiger partial charge in [0, 0.05) is 26.5 Å². The minimum absolute atomic E-state index is 0.0503. The minimum Gasteiger partial charge on any atom is -0.479 e. The summed E-state index contributed by atoms with van der Waals surface area (Å²) in [6.45, 7) is 2.09. The molecule has 0 bridgehead atoms. The minimum atomic E-state index is -1.23. The summed E-state index contributed by atoms with van der Waals surface area (Å²) in [6.07, 6.45) is 0.328. The summed E-state index contributed by atoms with van der Waals surface area (Å²) in [5.41, 5.74) is -0.327. The lowest BCUT2D eigenvalue weighted by Crippen LogP contribution is -2.56. The van der Waals surface area contributed by atoms with Crippen LogP contribution in [0.5, 0.6) is 0 Å². The highest BCUT2D eigenvalue weighted by molar-refractivity contribution is 5.86. The predicted molar refractivity (Wildman–Crippen MR) is 68.5 cm³/mol. The standard InChI is InChI=1S/C14H17NO4/c1-11(16)15(9-12-5-3-2-4-6-12)14(13(17)18)7-8-19-10-14/h2-6H,7-10H2,1H3,(H,17,18). The Morgan fingerprint density at radius 2 is 2.05 bits per heavy atom. The zero-order chi connectivity index (χ0) is 13.9. The van der Waals surface area contributed by atoms with Crippen molar-refractivity contribution in [3.63, 3.8) is 0 Å². The van der Waals surface area contributed by atoms with E-state index in [0.29, 0.717) is 13.0 Å². The van der Waals surface area contributed by atoms with Gasteiger partial charge in [-0.15, -0.1) is 0 Å². The van der Waals surface area contributed by atoms with E-state index in [2.05, 4.69) is 0 Å². The molecule has 1 aromatic rings. The maximum atomic E-state index is 11.9. The van der Waals surface area contributed by atoms with E-state index in [1.807, 2.05) is 30.3 Å². The van der Waals surface area contributed by atoms with Crippen LogP contribution in [0.2, 0.25) is 0 Å². The van der Waals surface area contributed by atoms with E-state index in [1.165, 1.54) is 11.8 Å². The van der Waals surface area contributed by atoms with Crippen molar-refractivity contribution in [3.05, 3.63) is 35.9 Å². The lowest BCUT2D eigenvalue weighted by molar-refractivity contribution is -0.159. The van der Waals surface area contributed by atoms with E-state index in [1.54, 1.807) is 0 Å². The monoisotopic (exact) mass is 263 g/mol. The molecule has 5 heteroatoms. The van der Waals surface area contributed by atoms with Crippen LogP contribution in [0, 0.1) is 0 Å². The fourth-order valence-corrected chi connectivity index (χ4v) is 2.38.